The summed E-state index contributed by atoms with van der Waals surface area (Å²) in [6.45, 7) is 2.08. The van der Waals surface area contributed by atoms with Crippen LogP contribution in [0.5, 0.6) is 11.6 Å². The molecule has 1 atom stereocenters. The number of nitrogens with one attached hydrogen (secondary N) is 1. The minimum Gasteiger partial charge on any atom is -0.496 e. The van der Waals surface area contributed by atoms with Crippen LogP contribution in [-0.4, -0.2) is 29.2 Å². The molecule has 0 spiro atoms. The quantitative estimate of drug-likeness (QED) is 0.754. The van der Waals surface area contributed by atoms with E-state index in [9.17, 15) is 0 Å². The number of aromatic nitrogens is 3. The smallest absolute Gasteiger partial charge is 0.213 e. The van der Waals surface area contributed by atoms with Gasteiger partial charge in [0, 0.05) is 36.0 Å². The maximum atomic E-state index is 5.48. The molecule has 0 aliphatic heterocycles. The first-order valence-electron chi connectivity index (χ1n) is 7.84. The molecular weight excluding hydrogens is 302 g/mol. The molecule has 0 saturated heterocycles. The monoisotopic (exact) mass is 323 g/mol. The van der Waals surface area contributed by atoms with Crippen LogP contribution in [0.25, 0.3) is 0 Å². The van der Waals surface area contributed by atoms with Gasteiger partial charge in [-0.1, -0.05) is 18.2 Å². The van der Waals surface area contributed by atoms with E-state index in [-0.39, 0.29) is 5.92 Å². The van der Waals surface area contributed by atoms with Crippen molar-refractivity contribution in [2.24, 2.45) is 0 Å². The highest BCUT2D eigenvalue weighted by atomic mass is 16.5. The van der Waals surface area contributed by atoms with Gasteiger partial charge in [-0.25, -0.2) is 9.97 Å². The number of H-pyrrole nitrogens is 1. The van der Waals surface area contributed by atoms with Crippen molar-refractivity contribution < 1.29 is 9.47 Å². The maximum absolute atomic E-state index is 5.48. The number of pyridine rings is 1. The van der Waals surface area contributed by atoms with Crippen LogP contribution >= 0.6 is 0 Å². The molecule has 5 heteroatoms. The van der Waals surface area contributed by atoms with Gasteiger partial charge in [0.2, 0.25) is 5.88 Å². The normalized spacial score (nSPS) is 12.0. The Morgan fingerprint density at radius 2 is 1.92 bits per heavy atom. The average Bonchev–Trinajstić information content (AvgIpc) is 3.15. The molecular formula is C19H21N3O2. The lowest BCUT2D eigenvalue weighted by atomic mass is 9.88. The molecule has 124 valence electrons. The minimum atomic E-state index is 0.113. The van der Waals surface area contributed by atoms with Crippen LogP contribution in [0.1, 0.15) is 28.4 Å². The molecule has 24 heavy (non-hydrogen) atoms. The minimum absolute atomic E-state index is 0.113. The van der Waals surface area contributed by atoms with Gasteiger partial charge in [-0.3, -0.25) is 0 Å². The van der Waals surface area contributed by atoms with Gasteiger partial charge < -0.3 is 14.5 Å². The van der Waals surface area contributed by atoms with Crippen molar-refractivity contribution in [2.45, 2.75) is 19.3 Å². The summed E-state index contributed by atoms with van der Waals surface area (Å²) in [6.07, 6.45) is 4.31. The fourth-order valence-corrected chi connectivity index (χ4v) is 2.97. The fourth-order valence-electron chi connectivity index (χ4n) is 2.97. The molecule has 0 fully saturated rings. The van der Waals surface area contributed by atoms with Gasteiger partial charge in [0.25, 0.3) is 0 Å². The molecule has 1 N–H and O–H groups in total. The topological polar surface area (TPSA) is 60.0 Å². The van der Waals surface area contributed by atoms with E-state index in [0.29, 0.717) is 5.88 Å². The molecule has 0 saturated carbocycles. The van der Waals surface area contributed by atoms with Crippen molar-refractivity contribution in [1.29, 1.82) is 0 Å². The van der Waals surface area contributed by atoms with Crippen molar-refractivity contribution in [3.05, 3.63) is 71.4 Å². The summed E-state index contributed by atoms with van der Waals surface area (Å²) < 4.78 is 10.7. The molecule has 0 amide bonds. The molecule has 0 bridgehead atoms. The van der Waals surface area contributed by atoms with Crippen molar-refractivity contribution >= 4 is 0 Å². The Hall–Kier alpha value is -2.82. The van der Waals surface area contributed by atoms with Crippen LogP contribution in [0.3, 0.4) is 0 Å². The number of imidazole rings is 1. The number of benzene rings is 1. The predicted molar refractivity (Wildman–Crippen MR) is 92.7 cm³/mol. The summed E-state index contributed by atoms with van der Waals surface area (Å²) in [5.74, 6) is 1.62. The molecule has 5 nitrogen and oxygen atoms in total. The van der Waals surface area contributed by atoms with Crippen LogP contribution in [0, 0.1) is 6.92 Å². The van der Waals surface area contributed by atoms with E-state index in [4.69, 9.17) is 9.47 Å². The maximum Gasteiger partial charge on any atom is 0.213 e. The summed E-state index contributed by atoms with van der Waals surface area (Å²) in [5, 5.41) is 0. The highest BCUT2D eigenvalue weighted by Gasteiger charge is 2.20. The summed E-state index contributed by atoms with van der Waals surface area (Å²) in [4.78, 5) is 12.0. The summed E-state index contributed by atoms with van der Waals surface area (Å²) in [7, 11) is 3.33. The Bertz CT molecular complexity index is 800. The van der Waals surface area contributed by atoms with Gasteiger partial charge in [-0.05, 0) is 30.2 Å². The van der Waals surface area contributed by atoms with E-state index in [2.05, 4.69) is 27.9 Å². The Balaban J connectivity index is 2.02. The van der Waals surface area contributed by atoms with E-state index in [1.807, 2.05) is 36.5 Å². The van der Waals surface area contributed by atoms with Crippen molar-refractivity contribution in [2.75, 3.05) is 14.2 Å². The largest absolute Gasteiger partial charge is 0.496 e. The van der Waals surface area contributed by atoms with E-state index < -0.39 is 0 Å². The van der Waals surface area contributed by atoms with Gasteiger partial charge in [0.15, 0.2) is 0 Å². The van der Waals surface area contributed by atoms with E-state index >= 15 is 0 Å². The average molecular weight is 323 g/mol. The second-order valence-corrected chi connectivity index (χ2v) is 5.61. The highest BCUT2D eigenvalue weighted by molar-refractivity contribution is 5.44. The van der Waals surface area contributed by atoms with Crippen molar-refractivity contribution in [3.8, 4) is 11.6 Å². The first-order chi connectivity index (χ1) is 11.7. The van der Waals surface area contributed by atoms with Gasteiger partial charge in [-0.15, -0.1) is 0 Å². The zero-order valence-corrected chi connectivity index (χ0v) is 14.1. The van der Waals surface area contributed by atoms with Crippen LogP contribution in [0.15, 0.2) is 48.9 Å². The number of ether oxygens (including phenoxy) is 2. The van der Waals surface area contributed by atoms with Gasteiger partial charge in [0.05, 0.1) is 20.5 Å². The van der Waals surface area contributed by atoms with Gasteiger partial charge in [-0.2, -0.15) is 0 Å². The van der Waals surface area contributed by atoms with Crippen LogP contribution in [0.4, 0.5) is 0 Å². The zero-order chi connectivity index (χ0) is 16.9. The Morgan fingerprint density at radius 1 is 1.08 bits per heavy atom. The Morgan fingerprint density at radius 3 is 2.62 bits per heavy atom. The Labute approximate surface area is 141 Å². The molecule has 0 aliphatic rings. The zero-order valence-electron chi connectivity index (χ0n) is 14.1. The lowest BCUT2D eigenvalue weighted by Crippen LogP contribution is -2.09. The molecule has 2 aromatic heterocycles. The third-order valence-corrected chi connectivity index (χ3v) is 4.22. The van der Waals surface area contributed by atoms with Crippen LogP contribution in [-0.2, 0) is 6.42 Å². The first-order valence-corrected chi connectivity index (χ1v) is 7.84. The summed E-state index contributed by atoms with van der Waals surface area (Å²) in [5.41, 5.74) is 4.35. The second kappa shape index (κ2) is 7.17. The predicted octanol–water partition coefficient (Wildman–Crippen LogP) is 3.50. The number of rotatable bonds is 6. The number of hydrogen-bond donors (Lipinski definition) is 1. The molecule has 0 radical (unpaired) electrons. The molecule has 0 unspecified atom stereocenters. The fraction of sp³-hybridized carbons (Fsp3) is 0.263. The number of methoxy groups -OCH3 is 2. The second-order valence-electron chi connectivity index (χ2n) is 5.61. The molecule has 2 heterocycles. The van der Waals surface area contributed by atoms with Crippen LogP contribution in [0.2, 0.25) is 0 Å². The van der Waals surface area contributed by atoms with Gasteiger partial charge >= 0.3 is 0 Å². The van der Waals surface area contributed by atoms with E-state index in [0.717, 1.165) is 29.1 Å². The number of aromatic amines is 1. The number of hydrogen-bond acceptors (Lipinski definition) is 4. The standard InChI is InChI=1S/C19H21N3O2/c1-13-15(7-5-8-18(13)23-2)16(17-11-20-12-21-17)10-14-6-4-9-19(22-14)24-3/h4-9,11-12,16H,10H2,1-3H3,(H,20,21)/t16-/m0/s1. The molecule has 1 aromatic carbocycles. The molecule has 3 rings (SSSR count). The number of nitrogens with zero attached hydrogens (tertiary/aromatic N) is 2. The first kappa shape index (κ1) is 16.1. The summed E-state index contributed by atoms with van der Waals surface area (Å²) in [6, 6.07) is 12.0. The highest BCUT2D eigenvalue weighted by Crippen LogP contribution is 2.33. The molecule has 0 aliphatic carbocycles. The van der Waals surface area contributed by atoms with E-state index in [1.165, 1.54) is 5.56 Å². The third-order valence-electron chi connectivity index (χ3n) is 4.22. The summed E-state index contributed by atoms with van der Waals surface area (Å²) >= 11 is 0. The lowest BCUT2D eigenvalue weighted by Gasteiger charge is -2.19. The molecule has 3 aromatic rings. The van der Waals surface area contributed by atoms with Crippen molar-refractivity contribution in [3.63, 3.8) is 0 Å². The van der Waals surface area contributed by atoms with Crippen molar-refractivity contribution in [1.82, 2.24) is 15.0 Å². The Kier molecular flexibility index (Phi) is 4.79. The SMILES string of the molecule is COc1cccc(C[C@H](c2cnc[nH]2)c2cccc(OC)c2C)n1. The van der Waals surface area contributed by atoms with Crippen LogP contribution < -0.4 is 9.47 Å². The van der Waals surface area contributed by atoms with Gasteiger partial charge in [0.1, 0.15) is 5.75 Å². The third kappa shape index (κ3) is 3.25. The van der Waals surface area contributed by atoms with E-state index in [1.54, 1.807) is 20.5 Å². The lowest BCUT2D eigenvalue weighted by molar-refractivity contribution is 0.396.